The van der Waals surface area contributed by atoms with Crippen LogP contribution in [0.2, 0.25) is 0 Å². The SMILES string of the molecule is CCCN(CC)CCn1ccc(=O)nc1SCC(=O)O. The molecule has 1 rings (SSSR count). The monoisotopic (exact) mass is 299 g/mol. The van der Waals surface area contributed by atoms with E-state index in [1.54, 1.807) is 6.20 Å². The molecule has 1 aromatic heterocycles. The number of rotatable bonds is 9. The van der Waals surface area contributed by atoms with Crippen LogP contribution >= 0.6 is 11.8 Å². The Morgan fingerprint density at radius 3 is 2.80 bits per heavy atom. The number of thioether (sulfide) groups is 1. The van der Waals surface area contributed by atoms with Gasteiger partial charge in [0.25, 0.3) is 5.56 Å². The molecule has 0 bridgehead atoms. The lowest BCUT2D eigenvalue weighted by atomic mass is 10.4. The first-order valence-electron chi connectivity index (χ1n) is 6.71. The van der Waals surface area contributed by atoms with Gasteiger partial charge in [0.1, 0.15) is 0 Å². The van der Waals surface area contributed by atoms with Gasteiger partial charge in [0.2, 0.25) is 0 Å². The minimum atomic E-state index is -0.916. The fourth-order valence-corrected chi connectivity index (χ4v) is 2.54. The van der Waals surface area contributed by atoms with Crippen molar-refractivity contribution in [3.8, 4) is 0 Å². The van der Waals surface area contributed by atoms with Crippen LogP contribution in [0, 0.1) is 0 Å². The van der Waals surface area contributed by atoms with Gasteiger partial charge in [0, 0.05) is 25.4 Å². The zero-order valence-electron chi connectivity index (χ0n) is 11.9. The van der Waals surface area contributed by atoms with Crippen molar-refractivity contribution in [3.63, 3.8) is 0 Å². The maximum absolute atomic E-state index is 11.3. The summed E-state index contributed by atoms with van der Waals surface area (Å²) in [5, 5.41) is 9.18. The molecule has 1 heterocycles. The second-order valence-corrected chi connectivity index (χ2v) is 5.30. The van der Waals surface area contributed by atoms with E-state index in [9.17, 15) is 9.59 Å². The maximum Gasteiger partial charge on any atom is 0.313 e. The van der Waals surface area contributed by atoms with E-state index in [2.05, 4.69) is 23.7 Å². The first-order chi connectivity index (χ1) is 9.56. The van der Waals surface area contributed by atoms with E-state index >= 15 is 0 Å². The maximum atomic E-state index is 11.3. The summed E-state index contributed by atoms with van der Waals surface area (Å²) in [6.07, 6.45) is 2.77. The van der Waals surface area contributed by atoms with Crippen molar-refractivity contribution in [3.05, 3.63) is 22.6 Å². The minimum absolute atomic E-state index is 0.0943. The number of carboxylic acid groups (broad SMARTS) is 1. The predicted octanol–water partition coefficient (Wildman–Crippen LogP) is 1.15. The standard InChI is InChI=1S/C13H21N3O3S/c1-3-6-15(4-2)8-9-16-7-5-11(17)14-13(16)20-10-12(18)19/h5,7H,3-4,6,8-10H2,1-2H3,(H,18,19). The van der Waals surface area contributed by atoms with Gasteiger partial charge in [0.15, 0.2) is 5.16 Å². The number of aliphatic carboxylic acids is 1. The topological polar surface area (TPSA) is 75.4 Å². The molecule has 0 aliphatic rings. The normalized spacial score (nSPS) is 10.9. The van der Waals surface area contributed by atoms with Crippen LogP contribution in [0.4, 0.5) is 0 Å². The smallest absolute Gasteiger partial charge is 0.313 e. The molecule has 0 fully saturated rings. The Bertz CT molecular complexity index is 490. The van der Waals surface area contributed by atoms with Gasteiger partial charge in [-0.1, -0.05) is 25.6 Å². The lowest BCUT2D eigenvalue weighted by Gasteiger charge is -2.21. The van der Waals surface area contributed by atoms with Crippen molar-refractivity contribution in [2.45, 2.75) is 32.0 Å². The van der Waals surface area contributed by atoms with Gasteiger partial charge >= 0.3 is 5.97 Å². The van der Waals surface area contributed by atoms with Crippen LogP contribution in [-0.2, 0) is 11.3 Å². The van der Waals surface area contributed by atoms with Crippen LogP contribution in [-0.4, -0.2) is 50.9 Å². The summed E-state index contributed by atoms with van der Waals surface area (Å²) in [6.45, 7) is 7.80. The third-order valence-electron chi connectivity index (χ3n) is 2.82. The highest BCUT2D eigenvalue weighted by atomic mass is 32.2. The number of nitrogens with zero attached hydrogens (tertiary/aromatic N) is 3. The molecule has 6 nitrogen and oxygen atoms in total. The predicted molar refractivity (Wildman–Crippen MR) is 79.3 cm³/mol. The van der Waals surface area contributed by atoms with Crippen molar-refractivity contribution >= 4 is 17.7 Å². The molecule has 0 amide bonds. The van der Waals surface area contributed by atoms with E-state index in [-0.39, 0.29) is 11.3 Å². The van der Waals surface area contributed by atoms with E-state index in [1.165, 1.54) is 6.07 Å². The lowest BCUT2D eigenvalue weighted by Crippen LogP contribution is -2.29. The van der Waals surface area contributed by atoms with Gasteiger partial charge in [-0.05, 0) is 19.5 Å². The van der Waals surface area contributed by atoms with Crippen LogP contribution < -0.4 is 5.56 Å². The molecular formula is C13H21N3O3S. The van der Waals surface area contributed by atoms with Crippen LogP contribution in [0.5, 0.6) is 0 Å². The van der Waals surface area contributed by atoms with Crippen molar-refractivity contribution in [1.82, 2.24) is 14.5 Å². The highest BCUT2D eigenvalue weighted by molar-refractivity contribution is 7.99. The second kappa shape index (κ2) is 8.76. The Hall–Kier alpha value is -1.34. The average molecular weight is 299 g/mol. The van der Waals surface area contributed by atoms with E-state index in [4.69, 9.17) is 5.11 Å². The number of aromatic nitrogens is 2. The first kappa shape index (κ1) is 16.7. The Morgan fingerprint density at radius 2 is 2.20 bits per heavy atom. The number of hydrogen-bond donors (Lipinski definition) is 1. The van der Waals surface area contributed by atoms with Crippen LogP contribution in [0.1, 0.15) is 20.3 Å². The largest absolute Gasteiger partial charge is 0.481 e. The molecule has 0 saturated heterocycles. The molecule has 1 N–H and O–H groups in total. The molecule has 20 heavy (non-hydrogen) atoms. The summed E-state index contributed by atoms with van der Waals surface area (Å²) < 4.78 is 1.84. The van der Waals surface area contributed by atoms with Gasteiger partial charge in [0.05, 0.1) is 5.75 Å². The van der Waals surface area contributed by atoms with Gasteiger partial charge in [-0.25, -0.2) is 0 Å². The Labute approximate surface area is 122 Å². The van der Waals surface area contributed by atoms with E-state index < -0.39 is 5.97 Å². The number of carboxylic acids is 1. The summed E-state index contributed by atoms with van der Waals surface area (Å²) in [5.74, 6) is -1.01. The summed E-state index contributed by atoms with van der Waals surface area (Å²) in [4.78, 5) is 28.1. The number of hydrogen-bond acceptors (Lipinski definition) is 5. The zero-order chi connectivity index (χ0) is 15.0. The van der Waals surface area contributed by atoms with Gasteiger partial charge < -0.3 is 14.6 Å². The third kappa shape index (κ3) is 5.75. The molecular weight excluding hydrogens is 278 g/mol. The van der Waals surface area contributed by atoms with Gasteiger partial charge in [-0.3, -0.25) is 9.59 Å². The number of carbonyl (C=O) groups is 1. The second-order valence-electron chi connectivity index (χ2n) is 4.36. The van der Waals surface area contributed by atoms with E-state index in [1.807, 2.05) is 4.57 Å². The number of likely N-dealkylation sites (N-methyl/N-ethyl adjacent to an activating group) is 1. The highest BCUT2D eigenvalue weighted by Gasteiger charge is 2.08. The van der Waals surface area contributed by atoms with Crippen LogP contribution in [0.3, 0.4) is 0 Å². The van der Waals surface area contributed by atoms with Crippen molar-refractivity contribution in [1.29, 1.82) is 0 Å². The molecule has 112 valence electrons. The molecule has 1 aromatic rings. The molecule has 7 heteroatoms. The molecule has 0 saturated carbocycles. The summed E-state index contributed by atoms with van der Waals surface area (Å²) in [6, 6.07) is 1.40. The molecule has 0 atom stereocenters. The Morgan fingerprint density at radius 1 is 1.45 bits per heavy atom. The van der Waals surface area contributed by atoms with E-state index in [0.717, 1.165) is 37.8 Å². The molecule has 0 radical (unpaired) electrons. The summed E-state index contributed by atoms with van der Waals surface area (Å²) in [5.41, 5.74) is -0.338. The highest BCUT2D eigenvalue weighted by Crippen LogP contribution is 2.13. The fourth-order valence-electron chi connectivity index (χ4n) is 1.82. The van der Waals surface area contributed by atoms with Gasteiger partial charge in [-0.2, -0.15) is 4.98 Å². The summed E-state index contributed by atoms with van der Waals surface area (Å²) >= 11 is 1.08. The summed E-state index contributed by atoms with van der Waals surface area (Å²) in [7, 11) is 0. The molecule has 0 aliphatic heterocycles. The van der Waals surface area contributed by atoms with Crippen molar-refractivity contribution in [2.75, 3.05) is 25.4 Å². The first-order valence-corrected chi connectivity index (χ1v) is 7.69. The molecule has 0 spiro atoms. The lowest BCUT2D eigenvalue weighted by molar-refractivity contribution is -0.133. The fraction of sp³-hybridized carbons (Fsp3) is 0.615. The average Bonchev–Trinajstić information content (AvgIpc) is 2.42. The molecule has 0 aromatic carbocycles. The molecule has 0 aliphatic carbocycles. The molecule has 0 unspecified atom stereocenters. The van der Waals surface area contributed by atoms with E-state index in [0.29, 0.717) is 11.7 Å². The van der Waals surface area contributed by atoms with Crippen molar-refractivity contribution in [2.24, 2.45) is 0 Å². The Balaban J connectivity index is 2.72. The van der Waals surface area contributed by atoms with Crippen molar-refractivity contribution < 1.29 is 9.90 Å². The van der Waals surface area contributed by atoms with Gasteiger partial charge in [-0.15, -0.1) is 0 Å². The third-order valence-corrected chi connectivity index (χ3v) is 3.79. The zero-order valence-corrected chi connectivity index (χ0v) is 12.7. The van der Waals surface area contributed by atoms with Crippen LogP contribution in [0.15, 0.2) is 22.2 Å². The minimum Gasteiger partial charge on any atom is -0.481 e. The Kier molecular flexibility index (Phi) is 7.32. The quantitative estimate of drug-likeness (QED) is 0.544. The van der Waals surface area contributed by atoms with Crippen LogP contribution in [0.25, 0.3) is 0 Å².